The number of fused-ring (bicyclic) bond motifs is 2. The molecule has 3 atom stereocenters. The molecule has 4 aromatic rings. The Morgan fingerprint density at radius 2 is 2.12 bits per heavy atom. The number of anilines is 1. The first-order valence-corrected chi connectivity index (χ1v) is 11.6. The van der Waals surface area contributed by atoms with Crippen molar-refractivity contribution in [3.63, 3.8) is 0 Å². The van der Waals surface area contributed by atoms with Gasteiger partial charge in [0, 0.05) is 37.8 Å². The predicted octanol–water partition coefficient (Wildman–Crippen LogP) is 2.04. The molecule has 0 aliphatic carbocycles. The maximum Gasteiger partial charge on any atom is 0.228 e. The Bertz CT molecular complexity index is 1330. The van der Waals surface area contributed by atoms with E-state index >= 15 is 4.39 Å². The van der Waals surface area contributed by atoms with Gasteiger partial charge in [0.25, 0.3) is 0 Å². The highest BCUT2D eigenvalue weighted by molar-refractivity contribution is 5.91. The van der Waals surface area contributed by atoms with Crippen LogP contribution in [0.2, 0.25) is 0 Å². The van der Waals surface area contributed by atoms with Gasteiger partial charge in [0.15, 0.2) is 5.65 Å². The van der Waals surface area contributed by atoms with Crippen molar-refractivity contribution in [1.29, 1.82) is 0 Å². The average Bonchev–Trinajstić information content (AvgIpc) is 3.51. The topological polar surface area (TPSA) is 125 Å². The Kier molecular flexibility index (Phi) is 5.39. The molecule has 3 aromatic heterocycles. The van der Waals surface area contributed by atoms with Crippen LogP contribution in [0.3, 0.4) is 0 Å². The monoisotopic (exact) mass is 467 g/mol. The number of aliphatic hydroxyl groups excluding tert-OH is 2. The number of aromatic nitrogens is 6. The van der Waals surface area contributed by atoms with Gasteiger partial charge in [0.2, 0.25) is 5.95 Å². The van der Waals surface area contributed by atoms with E-state index in [1.165, 1.54) is 12.4 Å². The first-order chi connectivity index (χ1) is 16.6. The van der Waals surface area contributed by atoms with E-state index in [1.54, 1.807) is 6.33 Å². The molecule has 6 rings (SSSR count). The van der Waals surface area contributed by atoms with Crippen LogP contribution in [0.5, 0.6) is 0 Å². The Morgan fingerprint density at radius 1 is 1.21 bits per heavy atom. The standard InChI is InChI=1S/C23H26FN7O3/c24-16-6-14(7-17-21(16)31(12-27-17)15-2-1-5-34-10-15)19-20-22(26-11-25-20)29-23(28-19)30-4-3-13(9-32)18(33)8-30/h6-7,11-13,15,18,32-33H,1-5,8-10H2,(H,25,26,28,29)/t13-,15+,18+/m1/s1. The fourth-order valence-corrected chi connectivity index (χ4v) is 5.02. The quantitative estimate of drug-likeness (QED) is 0.416. The van der Waals surface area contributed by atoms with Gasteiger partial charge in [-0.25, -0.2) is 19.3 Å². The van der Waals surface area contributed by atoms with Gasteiger partial charge in [-0.05, 0) is 31.4 Å². The minimum Gasteiger partial charge on any atom is -0.396 e. The number of H-pyrrole nitrogens is 1. The lowest BCUT2D eigenvalue weighted by molar-refractivity contribution is 0.0544. The third-order valence-corrected chi connectivity index (χ3v) is 6.93. The molecule has 0 unspecified atom stereocenters. The maximum atomic E-state index is 15.5. The number of ether oxygens (including phenoxy) is 1. The number of nitrogens with one attached hydrogen (secondary N) is 1. The highest BCUT2D eigenvalue weighted by Gasteiger charge is 2.29. The molecule has 10 nitrogen and oxygen atoms in total. The van der Waals surface area contributed by atoms with Crippen molar-refractivity contribution in [3.05, 3.63) is 30.6 Å². The first-order valence-electron chi connectivity index (χ1n) is 11.6. The second-order valence-electron chi connectivity index (χ2n) is 9.07. The molecule has 0 spiro atoms. The van der Waals surface area contributed by atoms with Crippen molar-refractivity contribution in [1.82, 2.24) is 29.5 Å². The molecule has 11 heteroatoms. The van der Waals surface area contributed by atoms with Crippen LogP contribution in [-0.4, -0.2) is 78.7 Å². The van der Waals surface area contributed by atoms with Gasteiger partial charge in [-0.2, -0.15) is 4.98 Å². The van der Waals surface area contributed by atoms with Gasteiger partial charge in [0.1, 0.15) is 22.5 Å². The fourth-order valence-electron chi connectivity index (χ4n) is 5.02. The maximum absolute atomic E-state index is 15.5. The number of benzene rings is 1. The van der Waals surface area contributed by atoms with Gasteiger partial charge in [-0.15, -0.1) is 0 Å². The number of aromatic amines is 1. The zero-order valence-electron chi connectivity index (χ0n) is 18.6. The molecular formula is C23H26FN7O3. The molecule has 2 aliphatic rings. The number of hydrogen-bond acceptors (Lipinski definition) is 8. The number of aliphatic hydroxyl groups is 2. The van der Waals surface area contributed by atoms with Gasteiger partial charge in [-0.3, -0.25) is 0 Å². The smallest absolute Gasteiger partial charge is 0.228 e. The Balaban J connectivity index is 1.41. The molecule has 1 aromatic carbocycles. The predicted molar refractivity (Wildman–Crippen MR) is 123 cm³/mol. The highest BCUT2D eigenvalue weighted by atomic mass is 19.1. The van der Waals surface area contributed by atoms with Crippen LogP contribution >= 0.6 is 0 Å². The number of hydrogen-bond donors (Lipinski definition) is 3. The lowest BCUT2D eigenvalue weighted by Crippen LogP contribution is -2.45. The van der Waals surface area contributed by atoms with Gasteiger partial charge in [0.05, 0.1) is 36.9 Å². The summed E-state index contributed by atoms with van der Waals surface area (Å²) in [5.41, 5.74) is 3.13. The number of piperidine rings is 1. The Labute approximate surface area is 194 Å². The van der Waals surface area contributed by atoms with Gasteiger partial charge < -0.3 is 29.4 Å². The molecule has 178 valence electrons. The molecule has 0 bridgehead atoms. The van der Waals surface area contributed by atoms with Crippen molar-refractivity contribution in [2.24, 2.45) is 5.92 Å². The SMILES string of the molecule is OC[C@H]1CCN(c2nc(-c3cc(F)c4c(c3)ncn4[C@H]3CCCOC3)c3nc[nH]c3n2)C[C@@H]1O. The van der Waals surface area contributed by atoms with E-state index in [9.17, 15) is 10.2 Å². The van der Waals surface area contributed by atoms with E-state index in [2.05, 4.69) is 19.9 Å². The third kappa shape index (κ3) is 3.60. The normalized spacial score (nSPS) is 23.7. The summed E-state index contributed by atoms with van der Waals surface area (Å²) in [5.74, 6) is -0.112. The molecule has 0 saturated carbocycles. The summed E-state index contributed by atoms with van der Waals surface area (Å²) in [4.78, 5) is 23.1. The van der Waals surface area contributed by atoms with Crippen molar-refractivity contribution in [2.45, 2.75) is 31.4 Å². The van der Waals surface area contributed by atoms with E-state index in [0.717, 1.165) is 19.4 Å². The highest BCUT2D eigenvalue weighted by Crippen LogP contribution is 2.33. The van der Waals surface area contributed by atoms with Crippen LogP contribution in [0, 0.1) is 11.7 Å². The molecule has 2 fully saturated rings. The summed E-state index contributed by atoms with van der Waals surface area (Å²) in [6, 6.07) is 3.36. The second kappa shape index (κ2) is 8.57. The molecule has 2 saturated heterocycles. The van der Waals surface area contributed by atoms with E-state index in [1.807, 2.05) is 15.5 Å². The molecule has 3 N–H and O–H groups in total. The summed E-state index contributed by atoms with van der Waals surface area (Å²) < 4.78 is 22.9. The van der Waals surface area contributed by atoms with Crippen LogP contribution in [0.1, 0.15) is 25.3 Å². The van der Waals surface area contributed by atoms with Crippen LogP contribution in [0.25, 0.3) is 33.5 Å². The minimum atomic E-state index is -0.676. The lowest BCUT2D eigenvalue weighted by Gasteiger charge is -2.35. The van der Waals surface area contributed by atoms with E-state index in [4.69, 9.17) is 9.72 Å². The summed E-state index contributed by atoms with van der Waals surface area (Å²) in [5, 5.41) is 19.8. The number of imidazole rings is 2. The summed E-state index contributed by atoms with van der Waals surface area (Å²) in [6.07, 6.45) is 5.03. The van der Waals surface area contributed by atoms with Gasteiger partial charge in [-0.1, -0.05) is 0 Å². The van der Waals surface area contributed by atoms with Crippen molar-refractivity contribution >= 4 is 28.1 Å². The van der Waals surface area contributed by atoms with Crippen LogP contribution < -0.4 is 4.90 Å². The minimum absolute atomic E-state index is 0.0559. The van der Waals surface area contributed by atoms with E-state index < -0.39 is 6.10 Å². The van der Waals surface area contributed by atoms with E-state index in [0.29, 0.717) is 65.5 Å². The molecular weight excluding hydrogens is 441 g/mol. The lowest BCUT2D eigenvalue weighted by atomic mass is 9.95. The summed E-state index contributed by atoms with van der Waals surface area (Å²) in [6.45, 7) is 2.14. The number of halogens is 1. The molecule has 34 heavy (non-hydrogen) atoms. The Morgan fingerprint density at radius 3 is 2.91 bits per heavy atom. The second-order valence-corrected chi connectivity index (χ2v) is 9.07. The molecule has 2 aliphatic heterocycles. The van der Waals surface area contributed by atoms with Crippen LogP contribution in [-0.2, 0) is 4.74 Å². The molecule has 0 amide bonds. The zero-order valence-corrected chi connectivity index (χ0v) is 18.6. The van der Waals surface area contributed by atoms with Crippen molar-refractivity contribution in [2.75, 3.05) is 37.8 Å². The Hall–Kier alpha value is -3.15. The number of nitrogens with zero attached hydrogens (tertiary/aromatic N) is 6. The average molecular weight is 468 g/mol. The molecule has 0 radical (unpaired) electrons. The molecule has 5 heterocycles. The fraction of sp³-hybridized carbons (Fsp3) is 0.478. The first kappa shape index (κ1) is 21.4. The number of β-amino-alcohol motifs (C(OH)–C–C–N with tert-alkyl or cyclic N) is 1. The van der Waals surface area contributed by atoms with Crippen molar-refractivity contribution in [3.8, 4) is 11.3 Å². The van der Waals surface area contributed by atoms with Crippen LogP contribution in [0.15, 0.2) is 24.8 Å². The van der Waals surface area contributed by atoms with E-state index in [-0.39, 0.29) is 24.4 Å². The van der Waals surface area contributed by atoms with Gasteiger partial charge >= 0.3 is 0 Å². The zero-order chi connectivity index (χ0) is 23.2. The van der Waals surface area contributed by atoms with Crippen molar-refractivity contribution < 1.29 is 19.3 Å². The van der Waals surface area contributed by atoms with Crippen LogP contribution in [0.4, 0.5) is 10.3 Å². The summed E-state index contributed by atoms with van der Waals surface area (Å²) in [7, 11) is 0. The number of rotatable bonds is 4. The summed E-state index contributed by atoms with van der Waals surface area (Å²) >= 11 is 0. The third-order valence-electron chi connectivity index (χ3n) is 6.93. The largest absolute Gasteiger partial charge is 0.396 e.